The average molecular weight is 233 g/mol. The van der Waals surface area contributed by atoms with Crippen LogP contribution in [0.15, 0.2) is 17.6 Å². The molecule has 15 heavy (non-hydrogen) atoms. The van der Waals surface area contributed by atoms with Crippen LogP contribution in [-0.4, -0.2) is 35.1 Å². The molecule has 1 rings (SSSR count). The highest BCUT2D eigenvalue weighted by molar-refractivity contribution is 7.89. The molecule has 7 heteroatoms. The molecule has 1 aromatic heterocycles. The Labute approximate surface area is 88.8 Å². The molecule has 1 atom stereocenters. The second-order valence-corrected chi connectivity index (χ2v) is 5.57. The van der Waals surface area contributed by atoms with Gasteiger partial charge in [-0.3, -0.25) is 0 Å². The fraction of sp³-hybridized carbons (Fsp3) is 0.625. The molecule has 1 unspecified atom stereocenters. The molecule has 1 aromatic rings. The van der Waals surface area contributed by atoms with E-state index >= 15 is 0 Å². The monoisotopic (exact) mass is 233 g/mol. The summed E-state index contributed by atoms with van der Waals surface area (Å²) < 4.78 is 25.8. The minimum Gasteiger partial charge on any atom is -0.391 e. The molecule has 0 fully saturated rings. The van der Waals surface area contributed by atoms with E-state index in [4.69, 9.17) is 0 Å². The Morgan fingerprint density at radius 1 is 1.60 bits per heavy atom. The van der Waals surface area contributed by atoms with Crippen LogP contribution in [0.5, 0.6) is 0 Å². The van der Waals surface area contributed by atoms with Crippen LogP contribution < -0.4 is 4.72 Å². The number of hydrogen-bond donors (Lipinski definition) is 3. The highest BCUT2D eigenvalue weighted by Gasteiger charge is 2.30. The molecule has 6 nitrogen and oxygen atoms in total. The van der Waals surface area contributed by atoms with Gasteiger partial charge < -0.3 is 10.1 Å². The Morgan fingerprint density at radius 3 is 2.60 bits per heavy atom. The highest BCUT2D eigenvalue weighted by atomic mass is 32.2. The van der Waals surface area contributed by atoms with Crippen LogP contribution in [0.2, 0.25) is 0 Å². The minimum absolute atomic E-state index is 0.0174. The number of aliphatic hydroxyl groups is 1. The predicted molar refractivity (Wildman–Crippen MR) is 54.7 cm³/mol. The SMILES string of the molecule is CC(O)C(C)(C)NS(=O)(=O)c1cnc[nH]1. The van der Waals surface area contributed by atoms with Crippen molar-refractivity contribution < 1.29 is 13.5 Å². The molecular formula is C8H15N3O3S. The number of aromatic amines is 1. The third kappa shape index (κ3) is 2.77. The van der Waals surface area contributed by atoms with Gasteiger partial charge in [0.25, 0.3) is 10.0 Å². The summed E-state index contributed by atoms with van der Waals surface area (Å²) in [5.74, 6) is 0. The standard InChI is InChI=1S/C8H15N3O3S/c1-6(12)8(2,3)11-15(13,14)7-4-9-5-10-7/h4-6,11-12H,1-3H3,(H,9,10). The number of nitrogens with one attached hydrogen (secondary N) is 2. The normalized spacial score (nSPS) is 15.2. The van der Waals surface area contributed by atoms with Crippen molar-refractivity contribution in [2.75, 3.05) is 0 Å². The first-order valence-electron chi connectivity index (χ1n) is 4.46. The molecule has 3 N–H and O–H groups in total. The van der Waals surface area contributed by atoms with Crippen molar-refractivity contribution in [3.63, 3.8) is 0 Å². The van der Waals surface area contributed by atoms with Gasteiger partial charge >= 0.3 is 0 Å². The minimum atomic E-state index is -3.65. The Bertz CT molecular complexity index is 408. The highest BCUT2D eigenvalue weighted by Crippen LogP contribution is 2.13. The summed E-state index contributed by atoms with van der Waals surface area (Å²) in [6, 6.07) is 0. The molecule has 0 aliphatic heterocycles. The van der Waals surface area contributed by atoms with E-state index in [9.17, 15) is 13.5 Å². The molecule has 0 radical (unpaired) electrons. The van der Waals surface area contributed by atoms with Gasteiger partial charge in [-0.2, -0.15) is 0 Å². The summed E-state index contributed by atoms with van der Waals surface area (Å²) in [6.45, 7) is 4.73. The number of sulfonamides is 1. The molecule has 0 bridgehead atoms. The average Bonchev–Trinajstić information content (AvgIpc) is 2.53. The lowest BCUT2D eigenvalue weighted by atomic mass is 10.0. The van der Waals surface area contributed by atoms with Crippen LogP contribution in [0.1, 0.15) is 20.8 Å². The van der Waals surface area contributed by atoms with Crippen LogP contribution in [0.4, 0.5) is 0 Å². The number of aliphatic hydroxyl groups excluding tert-OH is 1. The molecular weight excluding hydrogens is 218 g/mol. The molecule has 0 saturated heterocycles. The molecule has 0 aliphatic carbocycles. The lowest BCUT2D eigenvalue weighted by Crippen LogP contribution is -2.50. The van der Waals surface area contributed by atoms with Gasteiger partial charge in [0.2, 0.25) is 0 Å². The molecule has 0 aromatic carbocycles. The van der Waals surface area contributed by atoms with Gasteiger partial charge in [-0.05, 0) is 20.8 Å². The van der Waals surface area contributed by atoms with Crippen molar-refractivity contribution in [3.05, 3.63) is 12.5 Å². The molecule has 0 saturated carbocycles. The van der Waals surface area contributed by atoms with E-state index in [2.05, 4.69) is 14.7 Å². The summed E-state index contributed by atoms with van der Waals surface area (Å²) in [5, 5.41) is 9.37. The Hall–Kier alpha value is -0.920. The number of aromatic nitrogens is 2. The molecule has 1 heterocycles. The Kier molecular flexibility index (Phi) is 3.17. The number of nitrogens with zero attached hydrogens (tertiary/aromatic N) is 1. The lowest BCUT2D eigenvalue weighted by molar-refractivity contribution is 0.111. The van der Waals surface area contributed by atoms with Crippen molar-refractivity contribution >= 4 is 10.0 Å². The third-order valence-electron chi connectivity index (χ3n) is 2.20. The fourth-order valence-corrected chi connectivity index (χ4v) is 2.26. The molecule has 0 amide bonds. The fourth-order valence-electron chi connectivity index (χ4n) is 0.877. The second kappa shape index (κ2) is 3.92. The molecule has 86 valence electrons. The van der Waals surface area contributed by atoms with E-state index in [0.717, 1.165) is 0 Å². The summed E-state index contributed by atoms with van der Waals surface area (Å²) in [6.07, 6.45) is 1.69. The van der Waals surface area contributed by atoms with Crippen molar-refractivity contribution in [1.29, 1.82) is 0 Å². The van der Waals surface area contributed by atoms with Crippen molar-refractivity contribution in [2.45, 2.75) is 37.4 Å². The van der Waals surface area contributed by atoms with Gasteiger partial charge in [-0.25, -0.2) is 18.1 Å². The number of rotatable bonds is 4. The zero-order valence-corrected chi connectivity index (χ0v) is 9.67. The smallest absolute Gasteiger partial charge is 0.258 e. The van der Waals surface area contributed by atoms with E-state index < -0.39 is 21.7 Å². The molecule has 0 aliphatic rings. The van der Waals surface area contributed by atoms with E-state index in [1.54, 1.807) is 13.8 Å². The predicted octanol–water partition coefficient (Wildman–Crippen LogP) is -0.153. The lowest BCUT2D eigenvalue weighted by Gasteiger charge is -2.28. The topological polar surface area (TPSA) is 95.1 Å². The summed E-state index contributed by atoms with van der Waals surface area (Å²) in [4.78, 5) is 6.12. The second-order valence-electron chi connectivity index (χ2n) is 3.92. The van der Waals surface area contributed by atoms with Crippen molar-refractivity contribution in [1.82, 2.24) is 14.7 Å². The first-order chi connectivity index (χ1) is 6.76. The summed E-state index contributed by atoms with van der Waals surface area (Å²) in [5.41, 5.74) is -0.927. The van der Waals surface area contributed by atoms with Crippen LogP contribution in [0, 0.1) is 0 Å². The quantitative estimate of drug-likeness (QED) is 0.674. The van der Waals surface area contributed by atoms with Gasteiger partial charge in [0.1, 0.15) is 0 Å². The van der Waals surface area contributed by atoms with Crippen molar-refractivity contribution in [2.24, 2.45) is 0 Å². The first kappa shape index (κ1) is 12.2. The van der Waals surface area contributed by atoms with E-state index in [-0.39, 0.29) is 5.03 Å². The Morgan fingerprint density at radius 2 is 2.20 bits per heavy atom. The third-order valence-corrected chi connectivity index (χ3v) is 3.80. The van der Waals surface area contributed by atoms with E-state index in [1.165, 1.54) is 19.4 Å². The summed E-state index contributed by atoms with van der Waals surface area (Å²) >= 11 is 0. The number of hydrogen-bond acceptors (Lipinski definition) is 4. The summed E-state index contributed by atoms with van der Waals surface area (Å²) in [7, 11) is -3.65. The maximum absolute atomic E-state index is 11.7. The zero-order chi connectivity index (χ0) is 11.7. The first-order valence-corrected chi connectivity index (χ1v) is 5.94. The zero-order valence-electron chi connectivity index (χ0n) is 8.85. The van der Waals surface area contributed by atoms with Crippen LogP contribution in [0.3, 0.4) is 0 Å². The van der Waals surface area contributed by atoms with Crippen LogP contribution >= 0.6 is 0 Å². The van der Waals surface area contributed by atoms with E-state index in [0.29, 0.717) is 0 Å². The Balaban J connectivity index is 2.92. The largest absolute Gasteiger partial charge is 0.391 e. The number of imidazole rings is 1. The van der Waals surface area contributed by atoms with E-state index in [1.807, 2.05) is 0 Å². The van der Waals surface area contributed by atoms with Gasteiger partial charge in [0.15, 0.2) is 5.03 Å². The van der Waals surface area contributed by atoms with Crippen molar-refractivity contribution in [3.8, 4) is 0 Å². The maximum Gasteiger partial charge on any atom is 0.258 e. The van der Waals surface area contributed by atoms with Gasteiger partial charge in [-0.1, -0.05) is 0 Å². The van der Waals surface area contributed by atoms with Gasteiger partial charge in [-0.15, -0.1) is 0 Å². The maximum atomic E-state index is 11.7. The van der Waals surface area contributed by atoms with Crippen LogP contribution in [-0.2, 0) is 10.0 Å². The number of H-pyrrole nitrogens is 1. The van der Waals surface area contributed by atoms with Crippen LogP contribution in [0.25, 0.3) is 0 Å². The van der Waals surface area contributed by atoms with Gasteiger partial charge in [0.05, 0.1) is 24.2 Å². The molecule has 0 spiro atoms. The van der Waals surface area contributed by atoms with Gasteiger partial charge in [0, 0.05) is 0 Å².